The largest absolute Gasteiger partial charge is 0.497 e. The van der Waals surface area contributed by atoms with Crippen LogP contribution in [0.15, 0.2) is 53.4 Å². The summed E-state index contributed by atoms with van der Waals surface area (Å²) in [5.74, 6) is 1.41. The van der Waals surface area contributed by atoms with Crippen molar-refractivity contribution in [2.75, 3.05) is 34.4 Å². The second-order valence-corrected chi connectivity index (χ2v) is 7.78. The summed E-state index contributed by atoms with van der Waals surface area (Å²) in [5.41, 5.74) is 1.01. The highest BCUT2D eigenvalue weighted by Crippen LogP contribution is 2.22. The summed E-state index contributed by atoms with van der Waals surface area (Å²) < 4.78 is 38.3. The molecule has 0 spiro atoms. The fraction of sp³-hybridized carbons (Fsp3) is 0.368. The van der Waals surface area contributed by atoms with Crippen LogP contribution < -0.4 is 14.2 Å². The van der Waals surface area contributed by atoms with Crippen molar-refractivity contribution in [3.63, 3.8) is 0 Å². The van der Waals surface area contributed by atoms with Gasteiger partial charge in [-0.25, -0.2) is 13.1 Å². The van der Waals surface area contributed by atoms with Crippen molar-refractivity contribution in [2.24, 2.45) is 0 Å². The van der Waals surface area contributed by atoms with Gasteiger partial charge in [0.15, 0.2) is 0 Å². The van der Waals surface area contributed by atoms with Gasteiger partial charge >= 0.3 is 0 Å². The molecule has 26 heavy (non-hydrogen) atoms. The molecule has 0 saturated carbocycles. The second kappa shape index (κ2) is 9.02. The Morgan fingerprint density at radius 1 is 1.00 bits per heavy atom. The summed E-state index contributed by atoms with van der Waals surface area (Å²) in [7, 11) is 1.79. The van der Waals surface area contributed by atoms with Crippen LogP contribution in [0.5, 0.6) is 11.5 Å². The van der Waals surface area contributed by atoms with Gasteiger partial charge in [-0.15, -0.1) is 0 Å². The maximum Gasteiger partial charge on any atom is 0.240 e. The molecule has 142 valence electrons. The quantitative estimate of drug-likeness (QED) is 0.727. The molecule has 0 aliphatic carbocycles. The molecule has 7 heteroatoms. The summed E-state index contributed by atoms with van der Waals surface area (Å²) in [5, 5.41) is 0. The van der Waals surface area contributed by atoms with Gasteiger partial charge in [0.25, 0.3) is 0 Å². The minimum absolute atomic E-state index is 0.0984. The highest BCUT2D eigenvalue weighted by molar-refractivity contribution is 7.89. The van der Waals surface area contributed by atoms with E-state index in [9.17, 15) is 8.42 Å². The molecule has 0 heterocycles. The van der Waals surface area contributed by atoms with Gasteiger partial charge in [-0.05, 0) is 63.0 Å². The van der Waals surface area contributed by atoms with E-state index in [1.807, 2.05) is 50.2 Å². The second-order valence-electron chi connectivity index (χ2n) is 6.01. The zero-order valence-electron chi connectivity index (χ0n) is 15.6. The van der Waals surface area contributed by atoms with E-state index >= 15 is 0 Å². The fourth-order valence-electron chi connectivity index (χ4n) is 2.58. The molecule has 0 radical (unpaired) electrons. The molecular formula is C19H26N2O4S. The summed E-state index contributed by atoms with van der Waals surface area (Å²) in [6.07, 6.45) is 0. The van der Waals surface area contributed by atoms with Gasteiger partial charge in [0, 0.05) is 12.6 Å². The van der Waals surface area contributed by atoms with Gasteiger partial charge in [-0.1, -0.05) is 12.1 Å². The molecule has 0 saturated heterocycles. The Kier molecular flexibility index (Phi) is 7.02. The zero-order chi connectivity index (χ0) is 19.2. The standard InChI is InChI=1S/C19H26N2O4S/c1-5-25-17-8-6-15(7-9-17)19(21(2)3)14-20-26(22,23)18-12-10-16(24-4)11-13-18/h6-13,19-20H,5,14H2,1-4H3. The van der Waals surface area contributed by atoms with Crippen molar-refractivity contribution in [2.45, 2.75) is 17.9 Å². The van der Waals surface area contributed by atoms with Crippen LogP contribution in [-0.2, 0) is 10.0 Å². The van der Waals surface area contributed by atoms with Crippen LogP contribution in [0.1, 0.15) is 18.5 Å². The summed E-state index contributed by atoms with van der Waals surface area (Å²) in [6.45, 7) is 2.80. The predicted molar refractivity (Wildman–Crippen MR) is 102 cm³/mol. The third-order valence-electron chi connectivity index (χ3n) is 4.04. The van der Waals surface area contributed by atoms with E-state index in [-0.39, 0.29) is 17.5 Å². The van der Waals surface area contributed by atoms with Crippen LogP contribution >= 0.6 is 0 Å². The summed E-state index contributed by atoms with van der Waals surface area (Å²) >= 11 is 0. The molecule has 0 amide bonds. The number of hydrogen-bond donors (Lipinski definition) is 1. The van der Waals surface area contributed by atoms with E-state index < -0.39 is 10.0 Å². The molecule has 2 rings (SSSR count). The van der Waals surface area contributed by atoms with Crippen molar-refractivity contribution >= 4 is 10.0 Å². The Labute approximate surface area is 155 Å². The van der Waals surface area contributed by atoms with Crippen molar-refractivity contribution in [3.05, 3.63) is 54.1 Å². The molecule has 2 aromatic rings. The maximum absolute atomic E-state index is 12.5. The first-order valence-corrected chi connectivity index (χ1v) is 9.88. The van der Waals surface area contributed by atoms with E-state index in [1.165, 1.54) is 12.1 Å². The maximum atomic E-state index is 12.5. The van der Waals surface area contributed by atoms with Crippen LogP contribution in [0.2, 0.25) is 0 Å². The number of methoxy groups -OCH3 is 1. The van der Waals surface area contributed by atoms with Crippen LogP contribution in [0.3, 0.4) is 0 Å². The first kappa shape index (κ1) is 20.2. The minimum atomic E-state index is -3.60. The number of sulfonamides is 1. The lowest BCUT2D eigenvalue weighted by molar-refractivity contribution is 0.298. The molecule has 1 unspecified atom stereocenters. The number of benzene rings is 2. The third-order valence-corrected chi connectivity index (χ3v) is 5.48. The van der Waals surface area contributed by atoms with Crippen LogP contribution in [-0.4, -0.2) is 47.7 Å². The number of nitrogens with one attached hydrogen (secondary N) is 1. The molecule has 2 aromatic carbocycles. The van der Waals surface area contributed by atoms with E-state index in [0.29, 0.717) is 12.4 Å². The van der Waals surface area contributed by atoms with Crippen molar-refractivity contribution in [1.82, 2.24) is 9.62 Å². The lowest BCUT2D eigenvalue weighted by Crippen LogP contribution is -2.34. The molecule has 0 aliphatic rings. The molecule has 0 bridgehead atoms. The van der Waals surface area contributed by atoms with Crippen LogP contribution in [0.25, 0.3) is 0 Å². The van der Waals surface area contributed by atoms with E-state index in [0.717, 1.165) is 11.3 Å². The van der Waals surface area contributed by atoms with Crippen molar-refractivity contribution in [1.29, 1.82) is 0 Å². The fourth-order valence-corrected chi connectivity index (χ4v) is 3.62. The average Bonchev–Trinajstić information content (AvgIpc) is 2.63. The third kappa shape index (κ3) is 5.20. The highest BCUT2D eigenvalue weighted by Gasteiger charge is 2.20. The van der Waals surface area contributed by atoms with Crippen molar-refractivity contribution in [3.8, 4) is 11.5 Å². The number of nitrogens with zero attached hydrogens (tertiary/aromatic N) is 1. The minimum Gasteiger partial charge on any atom is -0.497 e. The van der Waals surface area contributed by atoms with E-state index in [4.69, 9.17) is 9.47 Å². The smallest absolute Gasteiger partial charge is 0.240 e. The van der Waals surface area contributed by atoms with Crippen LogP contribution in [0.4, 0.5) is 0 Å². The SMILES string of the molecule is CCOc1ccc(C(CNS(=O)(=O)c2ccc(OC)cc2)N(C)C)cc1. The Hall–Kier alpha value is -2.09. The topological polar surface area (TPSA) is 67.9 Å². The number of hydrogen-bond acceptors (Lipinski definition) is 5. The number of ether oxygens (including phenoxy) is 2. The average molecular weight is 378 g/mol. The molecule has 0 fully saturated rings. The Morgan fingerprint density at radius 3 is 2.08 bits per heavy atom. The molecule has 6 nitrogen and oxygen atoms in total. The monoisotopic (exact) mass is 378 g/mol. The van der Waals surface area contributed by atoms with Crippen molar-refractivity contribution < 1.29 is 17.9 Å². The van der Waals surface area contributed by atoms with E-state index in [2.05, 4.69) is 4.72 Å². The van der Waals surface area contributed by atoms with Gasteiger partial charge in [0.2, 0.25) is 10.0 Å². The van der Waals surface area contributed by atoms with Gasteiger partial charge in [0.1, 0.15) is 11.5 Å². The molecule has 0 aliphatic heterocycles. The van der Waals surface area contributed by atoms with E-state index in [1.54, 1.807) is 19.2 Å². The molecule has 0 aromatic heterocycles. The lowest BCUT2D eigenvalue weighted by Gasteiger charge is -2.25. The zero-order valence-corrected chi connectivity index (χ0v) is 16.4. The van der Waals surface area contributed by atoms with Gasteiger partial charge in [0.05, 0.1) is 18.6 Å². The molecule has 1 N–H and O–H groups in total. The summed E-state index contributed by atoms with van der Waals surface area (Å²) in [6, 6.07) is 13.9. The Bertz CT molecular complexity index is 787. The Balaban J connectivity index is 2.11. The summed E-state index contributed by atoms with van der Waals surface area (Å²) in [4.78, 5) is 2.19. The first-order chi connectivity index (χ1) is 12.4. The number of rotatable bonds is 9. The first-order valence-electron chi connectivity index (χ1n) is 8.40. The molecule has 1 atom stereocenters. The number of likely N-dealkylation sites (N-methyl/N-ethyl adjacent to an activating group) is 1. The van der Waals surface area contributed by atoms with Crippen LogP contribution in [0, 0.1) is 0 Å². The van der Waals surface area contributed by atoms with Gasteiger partial charge in [-0.2, -0.15) is 0 Å². The van der Waals surface area contributed by atoms with Gasteiger partial charge in [-0.3, -0.25) is 0 Å². The highest BCUT2D eigenvalue weighted by atomic mass is 32.2. The predicted octanol–water partition coefficient (Wildman–Crippen LogP) is 2.68. The van der Waals surface area contributed by atoms with Gasteiger partial charge < -0.3 is 14.4 Å². The lowest BCUT2D eigenvalue weighted by atomic mass is 10.1. The Morgan fingerprint density at radius 2 is 1.58 bits per heavy atom. The molecular weight excluding hydrogens is 352 g/mol. The normalized spacial score (nSPS) is 12.8.